The maximum atomic E-state index is 11.2. The van der Waals surface area contributed by atoms with E-state index in [0.717, 1.165) is 19.3 Å². The molecule has 0 aromatic heterocycles. The maximum absolute atomic E-state index is 11.2. The van der Waals surface area contributed by atoms with E-state index in [1.807, 2.05) is 0 Å². The smallest absolute Gasteiger partial charge is 0.136 e. The Hall–Kier alpha value is -0.410. The predicted molar refractivity (Wildman–Crippen MR) is 49.7 cm³/mol. The molecule has 1 rings (SSSR count). The lowest BCUT2D eigenvalue weighted by Gasteiger charge is -2.02. The quantitative estimate of drug-likeness (QED) is 0.538. The molecule has 0 atom stereocenters. The van der Waals surface area contributed by atoms with Gasteiger partial charge in [0.1, 0.15) is 5.78 Å². The first-order valence-corrected chi connectivity index (χ1v) is 4.94. The van der Waals surface area contributed by atoms with Crippen LogP contribution in [0.5, 0.6) is 0 Å². The molecule has 1 fully saturated rings. The van der Waals surface area contributed by atoms with Gasteiger partial charge in [0, 0.05) is 26.1 Å². The lowest BCUT2D eigenvalue weighted by molar-refractivity contribution is -0.120. The highest BCUT2D eigenvalue weighted by Gasteiger charge is 2.28. The summed E-state index contributed by atoms with van der Waals surface area (Å²) in [5, 5.41) is 0. The Labute approximate surface area is 79.4 Å². The van der Waals surface area contributed by atoms with Crippen LogP contribution in [-0.2, 0) is 14.3 Å². The molecule has 0 aromatic rings. The summed E-state index contributed by atoms with van der Waals surface area (Å²) in [5.41, 5.74) is 0. The molecule has 0 radical (unpaired) electrons. The summed E-state index contributed by atoms with van der Waals surface area (Å²) < 4.78 is 10.1. The molecule has 0 spiro atoms. The summed E-state index contributed by atoms with van der Waals surface area (Å²) in [5.74, 6) is 0.828. The van der Waals surface area contributed by atoms with Crippen molar-refractivity contribution in [2.75, 3.05) is 26.9 Å². The van der Waals surface area contributed by atoms with Gasteiger partial charge in [-0.3, -0.25) is 4.79 Å². The predicted octanol–water partition coefficient (Wildman–Crippen LogP) is 1.41. The maximum Gasteiger partial charge on any atom is 0.136 e. The van der Waals surface area contributed by atoms with Crippen molar-refractivity contribution in [1.29, 1.82) is 0 Å². The zero-order chi connectivity index (χ0) is 9.52. The Bertz CT molecular complexity index is 152. The molecule has 0 N–H and O–H groups in total. The molecule has 0 aliphatic heterocycles. The second kappa shape index (κ2) is 6.11. The Balaban J connectivity index is 1.80. The first kappa shape index (κ1) is 10.7. The lowest BCUT2D eigenvalue weighted by Crippen LogP contribution is -2.06. The number of ether oxygens (including phenoxy) is 2. The van der Waals surface area contributed by atoms with Crippen LogP contribution in [0.25, 0.3) is 0 Å². The normalized spacial score (nSPS) is 16.1. The summed E-state index contributed by atoms with van der Waals surface area (Å²) in [4.78, 5) is 11.2. The van der Waals surface area contributed by atoms with Crippen LogP contribution in [0, 0.1) is 5.92 Å². The molecular formula is C10H18O3. The molecule has 3 heteroatoms. The van der Waals surface area contributed by atoms with E-state index in [9.17, 15) is 4.79 Å². The zero-order valence-corrected chi connectivity index (χ0v) is 8.25. The van der Waals surface area contributed by atoms with Gasteiger partial charge in [0.15, 0.2) is 0 Å². The molecule has 0 heterocycles. The third-order valence-electron chi connectivity index (χ3n) is 2.18. The van der Waals surface area contributed by atoms with Gasteiger partial charge < -0.3 is 9.47 Å². The van der Waals surface area contributed by atoms with Crippen molar-refractivity contribution < 1.29 is 14.3 Å². The number of methoxy groups -OCH3 is 1. The number of ketones is 1. The molecule has 0 aromatic carbocycles. The summed E-state index contributed by atoms with van der Waals surface area (Å²) in [6.45, 7) is 1.95. The molecule has 0 amide bonds. The van der Waals surface area contributed by atoms with E-state index in [1.165, 1.54) is 0 Å². The minimum absolute atomic E-state index is 0.402. The first-order valence-electron chi connectivity index (χ1n) is 4.94. The van der Waals surface area contributed by atoms with E-state index >= 15 is 0 Å². The van der Waals surface area contributed by atoms with Gasteiger partial charge in [-0.15, -0.1) is 0 Å². The Kier molecular flexibility index (Phi) is 5.01. The van der Waals surface area contributed by atoms with Gasteiger partial charge in [0.2, 0.25) is 0 Å². The van der Waals surface area contributed by atoms with Crippen molar-refractivity contribution in [3.63, 3.8) is 0 Å². The number of rotatable bonds is 8. The summed E-state index contributed by atoms with van der Waals surface area (Å²) in [6.07, 6.45) is 3.78. The number of carbonyl (C=O) groups is 1. The molecule has 1 aliphatic rings. The van der Waals surface area contributed by atoms with Crippen LogP contribution >= 0.6 is 0 Å². The summed E-state index contributed by atoms with van der Waals surface area (Å²) in [6, 6.07) is 0. The molecular weight excluding hydrogens is 168 g/mol. The van der Waals surface area contributed by atoms with E-state index in [1.54, 1.807) is 7.11 Å². The summed E-state index contributed by atoms with van der Waals surface area (Å²) in [7, 11) is 1.65. The van der Waals surface area contributed by atoms with Crippen LogP contribution in [0.2, 0.25) is 0 Å². The zero-order valence-electron chi connectivity index (χ0n) is 8.25. The Morgan fingerprint density at radius 1 is 1.31 bits per heavy atom. The Morgan fingerprint density at radius 3 is 2.69 bits per heavy atom. The monoisotopic (exact) mass is 186 g/mol. The van der Waals surface area contributed by atoms with E-state index in [4.69, 9.17) is 9.47 Å². The van der Waals surface area contributed by atoms with Gasteiger partial charge in [-0.2, -0.15) is 0 Å². The second-order valence-electron chi connectivity index (χ2n) is 3.45. The van der Waals surface area contributed by atoms with Gasteiger partial charge in [-0.1, -0.05) is 0 Å². The fourth-order valence-corrected chi connectivity index (χ4v) is 1.20. The van der Waals surface area contributed by atoms with Crippen molar-refractivity contribution in [3.05, 3.63) is 0 Å². The van der Waals surface area contributed by atoms with Crippen molar-refractivity contribution in [3.8, 4) is 0 Å². The molecule has 3 nitrogen and oxygen atoms in total. The van der Waals surface area contributed by atoms with E-state index in [0.29, 0.717) is 37.9 Å². The minimum atomic E-state index is 0.402. The van der Waals surface area contributed by atoms with Crippen molar-refractivity contribution in [2.45, 2.75) is 25.7 Å². The average Bonchev–Trinajstić information content (AvgIpc) is 2.93. The molecule has 76 valence electrons. The topological polar surface area (TPSA) is 35.5 Å². The largest absolute Gasteiger partial charge is 0.382 e. The lowest BCUT2D eigenvalue weighted by atomic mass is 10.1. The number of carbonyl (C=O) groups excluding carboxylic acids is 1. The highest BCUT2D eigenvalue weighted by molar-refractivity contribution is 5.83. The van der Waals surface area contributed by atoms with Crippen molar-refractivity contribution in [1.82, 2.24) is 0 Å². The minimum Gasteiger partial charge on any atom is -0.382 e. The standard InChI is InChI=1S/C10H18O3/c1-12-7-8-13-6-2-3-10(11)9-4-5-9/h9H,2-8H2,1H3. The van der Waals surface area contributed by atoms with Gasteiger partial charge >= 0.3 is 0 Å². The Morgan fingerprint density at radius 2 is 2.08 bits per heavy atom. The van der Waals surface area contributed by atoms with Gasteiger partial charge in [-0.25, -0.2) is 0 Å². The highest BCUT2D eigenvalue weighted by Crippen LogP contribution is 2.31. The average molecular weight is 186 g/mol. The molecule has 13 heavy (non-hydrogen) atoms. The fourth-order valence-electron chi connectivity index (χ4n) is 1.20. The second-order valence-corrected chi connectivity index (χ2v) is 3.45. The number of hydrogen-bond acceptors (Lipinski definition) is 3. The van der Waals surface area contributed by atoms with Gasteiger partial charge in [-0.05, 0) is 19.3 Å². The molecule has 0 saturated heterocycles. The van der Waals surface area contributed by atoms with Crippen LogP contribution in [0.15, 0.2) is 0 Å². The SMILES string of the molecule is COCCOCCCC(=O)C1CC1. The van der Waals surface area contributed by atoms with E-state index in [2.05, 4.69) is 0 Å². The third-order valence-corrected chi connectivity index (χ3v) is 2.18. The van der Waals surface area contributed by atoms with Crippen molar-refractivity contribution >= 4 is 5.78 Å². The van der Waals surface area contributed by atoms with Gasteiger partial charge in [0.25, 0.3) is 0 Å². The first-order chi connectivity index (χ1) is 6.34. The molecule has 1 aliphatic carbocycles. The molecule has 0 bridgehead atoms. The van der Waals surface area contributed by atoms with Crippen LogP contribution in [0.4, 0.5) is 0 Å². The third kappa shape index (κ3) is 5.01. The van der Waals surface area contributed by atoms with Crippen LogP contribution in [0.1, 0.15) is 25.7 Å². The van der Waals surface area contributed by atoms with Crippen LogP contribution in [-0.4, -0.2) is 32.7 Å². The summed E-state index contributed by atoms with van der Waals surface area (Å²) >= 11 is 0. The molecule has 0 unspecified atom stereocenters. The van der Waals surface area contributed by atoms with Crippen LogP contribution < -0.4 is 0 Å². The van der Waals surface area contributed by atoms with E-state index in [-0.39, 0.29) is 0 Å². The number of hydrogen-bond donors (Lipinski definition) is 0. The molecule has 1 saturated carbocycles. The van der Waals surface area contributed by atoms with Crippen LogP contribution in [0.3, 0.4) is 0 Å². The number of Topliss-reactive ketones (excluding diaryl/α,β-unsaturated/α-hetero) is 1. The van der Waals surface area contributed by atoms with Crippen molar-refractivity contribution in [2.24, 2.45) is 5.92 Å². The van der Waals surface area contributed by atoms with Gasteiger partial charge in [0.05, 0.1) is 13.2 Å². The highest BCUT2D eigenvalue weighted by atomic mass is 16.5. The van der Waals surface area contributed by atoms with E-state index < -0.39 is 0 Å². The fraction of sp³-hybridized carbons (Fsp3) is 0.900.